The molecule has 0 radical (unpaired) electrons. The molecule has 0 saturated carbocycles. The molecule has 3 nitrogen and oxygen atoms in total. The van der Waals surface area contributed by atoms with Crippen LogP contribution in [0.25, 0.3) is 0 Å². The van der Waals surface area contributed by atoms with Gasteiger partial charge in [0, 0.05) is 6.20 Å². The first-order valence-electron chi connectivity index (χ1n) is 6.76. The Morgan fingerprint density at radius 3 is 2.50 bits per heavy atom. The van der Waals surface area contributed by atoms with Crippen molar-refractivity contribution < 1.29 is 4.74 Å². The molecule has 0 aliphatic rings. The van der Waals surface area contributed by atoms with E-state index in [9.17, 15) is 0 Å². The molecule has 1 atom stereocenters. The van der Waals surface area contributed by atoms with Crippen molar-refractivity contribution in [1.82, 2.24) is 10.3 Å². The predicted molar refractivity (Wildman–Crippen MR) is 82.4 cm³/mol. The lowest BCUT2D eigenvalue weighted by molar-refractivity contribution is 0.317. The Morgan fingerprint density at radius 2 is 1.95 bits per heavy atom. The van der Waals surface area contributed by atoms with Crippen LogP contribution in [0.2, 0.25) is 5.02 Å². The number of hydrogen-bond acceptors (Lipinski definition) is 3. The van der Waals surface area contributed by atoms with Crippen molar-refractivity contribution in [2.45, 2.75) is 19.4 Å². The van der Waals surface area contributed by atoms with Crippen LogP contribution in [-0.4, -0.2) is 18.6 Å². The molecule has 0 saturated heterocycles. The Kier molecular flexibility index (Phi) is 5.39. The standard InChI is InChI=1S/C16H19ClN2O/c1-3-10-20-14-7-4-12(5-8-14)16(18-2)15-9-6-13(17)11-19-15/h4-9,11,16,18H,3,10H2,1-2H3. The smallest absolute Gasteiger partial charge is 0.119 e. The molecule has 0 amide bonds. The summed E-state index contributed by atoms with van der Waals surface area (Å²) in [5, 5.41) is 3.92. The maximum atomic E-state index is 5.88. The van der Waals surface area contributed by atoms with Gasteiger partial charge in [-0.3, -0.25) is 4.98 Å². The van der Waals surface area contributed by atoms with Crippen molar-refractivity contribution in [3.8, 4) is 5.75 Å². The van der Waals surface area contributed by atoms with Crippen LogP contribution < -0.4 is 10.1 Å². The SMILES string of the molecule is CCCOc1ccc(C(NC)c2ccc(Cl)cn2)cc1. The fourth-order valence-corrected chi connectivity index (χ4v) is 2.13. The van der Waals surface area contributed by atoms with Crippen molar-refractivity contribution in [3.05, 3.63) is 58.9 Å². The zero-order valence-corrected chi connectivity index (χ0v) is 12.5. The molecule has 1 aromatic carbocycles. The molecule has 0 spiro atoms. The number of hydrogen-bond donors (Lipinski definition) is 1. The summed E-state index contributed by atoms with van der Waals surface area (Å²) in [4.78, 5) is 4.37. The van der Waals surface area contributed by atoms with E-state index in [0.29, 0.717) is 5.02 Å². The van der Waals surface area contributed by atoms with E-state index in [-0.39, 0.29) is 6.04 Å². The number of ether oxygens (including phenoxy) is 1. The van der Waals surface area contributed by atoms with E-state index in [4.69, 9.17) is 16.3 Å². The van der Waals surface area contributed by atoms with Gasteiger partial charge in [-0.2, -0.15) is 0 Å². The third-order valence-corrected chi connectivity index (χ3v) is 3.24. The first-order chi connectivity index (χ1) is 9.74. The highest BCUT2D eigenvalue weighted by Gasteiger charge is 2.13. The minimum absolute atomic E-state index is 0.0486. The number of halogens is 1. The fourth-order valence-electron chi connectivity index (χ4n) is 2.02. The zero-order valence-electron chi connectivity index (χ0n) is 11.8. The lowest BCUT2D eigenvalue weighted by Crippen LogP contribution is -2.18. The average molecular weight is 291 g/mol. The van der Waals surface area contributed by atoms with Gasteiger partial charge in [-0.25, -0.2) is 0 Å². The lowest BCUT2D eigenvalue weighted by Gasteiger charge is -2.16. The molecule has 2 aromatic rings. The van der Waals surface area contributed by atoms with Crippen molar-refractivity contribution in [2.75, 3.05) is 13.7 Å². The quantitative estimate of drug-likeness (QED) is 0.878. The molecular formula is C16H19ClN2O. The third-order valence-electron chi connectivity index (χ3n) is 3.02. The summed E-state index contributed by atoms with van der Waals surface area (Å²) in [5.41, 5.74) is 2.09. The fraction of sp³-hybridized carbons (Fsp3) is 0.312. The summed E-state index contributed by atoms with van der Waals surface area (Å²) in [6.45, 7) is 2.84. The second-order valence-corrected chi connectivity index (χ2v) is 4.98. The summed E-state index contributed by atoms with van der Waals surface area (Å²) in [7, 11) is 1.92. The van der Waals surface area contributed by atoms with Crippen LogP contribution in [0, 0.1) is 0 Å². The van der Waals surface area contributed by atoms with Crippen LogP contribution in [0.4, 0.5) is 0 Å². The molecule has 20 heavy (non-hydrogen) atoms. The highest BCUT2D eigenvalue weighted by atomic mass is 35.5. The molecule has 4 heteroatoms. The minimum atomic E-state index is 0.0486. The van der Waals surface area contributed by atoms with Gasteiger partial charge in [-0.05, 0) is 43.3 Å². The Bertz CT molecular complexity index is 525. The van der Waals surface area contributed by atoms with Crippen LogP contribution in [0.15, 0.2) is 42.6 Å². The van der Waals surface area contributed by atoms with E-state index in [1.807, 2.05) is 31.3 Å². The zero-order chi connectivity index (χ0) is 14.4. The Morgan fingerprint density at radius 1 is 1.20 bits per heavy atom. The molecule has 0 aliphatic heterocycles. The van der Waals surface area contributed by atoms with Crippen LogP contribution in [0.3, 0.4) is 0 Å². The molecular weight excluding hydrogens is 272 g/mol. The lowest BCUT2D eigenvalue weighted by atomic mass is 10.0. The Labute approximate surface area is 124 Å². The van der Waals surface area contributed by atoms with Gasteiger partial charge in [0.2, 0.25) is 0 Å². The molecule has 106 valence electrons. The predicted octanol–water partition coefficient (Wildman–Crippen LogP) is 3.83. The number of rotatable bonds is 6. The van der Waals surface area contributed by atoms with Crippen molar-refractivity contribution in [2.24, 2.45) is 0 Å². The normalized spacial score (nSPS) is 12.2. The van der Waals surface area contributed by atoms with E-state index in [0.717, 1.165) is 30.0 Å². The van der Waals surface area contributed by atoms with Gasteiger partial charge >= 0.3 is 0 Å². The van der Waals surface area contributed by atoms with Crippen molar-refractivity contribution in [1.29, 1.82) is 0 Å². The van der Waals surface area contributed by atoms with Gasteiger partial charge in [0.25, 0.3) is 0 Å². The first-order valence-corrected chi connectivity index (χ1v) is 7.14. The molecule has 0 fully saturated rings. The monoisotopic (exact) mass is 290 g/mol. The number of pyridine rings is 1. The van der Waals surface area contributed by atoms with E-state index < -0.39 is 0 Å². The van der Waals surface area contributed by atoms with Gasteiger partial charge < -0.3 is 10.1 Å². The third kappa shape index (κ3) is 3.71. The summed E-state index contributed by atoms with van der Waals surface area (Å²) < 4.78 is 5.59. The van der Waals surface area contributed by atoms with Gasteiger partial charge in [-0.1, -0.05) is 30.7 Å². The molecule has 0 bridgehead atoms. The van der Waals surface area contributed by atoms with Crippen LogP contribution in [0.5, 0.6) is 5.75 Å². The van der Waals surface area contributed by atoms with Crippen LogP contribution in [-0.2, 0) is 0 Å². The van der Waals surface area contributed by atoms with E-state index in [1.165, 1.54) is 0 Å². The number of benzene rings is 1. The summed E-state index contributed by atoms with van der Waals surface area (Å²) in [6, 6.07) is 11.9. The molecule has 0 aliphatic carbocycles. The summed E-state index contributed by atoms with van der Waals surface area (Å²) in [5.74, 6) is 0.898. The van der Waals surface area contributed by atoms with E-state index in [2.05, 4.69) is 29.4 Å². The number of nitrogens with one attached hydrogen (secondary N) is 1. The molecule has 1 aromatic heterocycles. The molecule has 1 unspecified atom stereocenters. The Balaban J connectivity index is 2.17. The first kappa shape index (κ1) is 14.8. The van der Waals surface area contributed by atoms with Crippen LogP contribution >= 0.6 is 11.6 Å². The number of nitrogens with zero attached hydrogens (tertiary/aromatic N) is 1. The summed E-state index contributed by atoms with van der Waals surface area (Å²) >= 11 is 5.88. The number of aromatic nitrogens is 1. The van der Waals surface area contributed by atoms with Crippen LogP contribution in [0.1, 0.15) is 30.6 Å². The second kappa shape index (κ2) is 7.27. The molecule has 1 heterocycles. The van der Waals surface area contributed by atoms with Gasteiger partial charge in [-0.15, -0.1) is 0 Å². The highest BCUT2D eigenvalue weighted by Crippen LogP contribution is 2.23. The Hall–Kier alpha value is -1.58. The van der Waals surface area contributed by atoms with Gasteiger partial charge in [0.1, 0.15) is 5.75 Å². The van der Waals surface area contributed by atoms with E-state index >= 15 is 0 Å². The van der Waals surface area contributed by atoms with Gasteiger partial charge in [0.05, 0.1) is 23.4 Å². The van der Waals surface area contributed by atoms with E-state index in [1.54, 1.807) is 6.20 Å². The summed E-state index contributed by atoms with van der Waals surface area (Å²) in [6.07, 6.45) is 2.68. The highest BCUT2D eigenvalue weighted by molar-refractivity contribution is 6.30. The average Bonchev–Trinajstić information content (AvgIpc) is 2.49. The molecule has 2 rings (SSSR count). The maximum absolute atomic E-state index is 5.88. The van der Waals surface area contributed by atoms with Gasteiger partial charge in [0.15, 0.2) is 0 Å². The largest absolute Gasteiger partial charge is 0.494 e. The minimum Gasteiger partial charge on any atom is -0.494 e. The topological polar surface area (TPSA) is 34.1 Å². The van der Waals surface area contributed by atoms with Crippen molar-refractivity contribution >= 4 is 11.6 Å². The maximum Gasteiger partial charge on any atom is 0.119 e. The molecule has 1 N–H and O–H groups in total. The second-order valence-electron chi connectivity index (χ2n) is 4.54. The van der Waals surface area contributed by atoms with Crippen molar-refractivity contribution in [3.63, 3.8) is 0 Å².